The molecule has 0 amide bonds. The first-order valence-corrected chi connectivity index (χ1v) is 8.62. The predicted molar refractivity (Wildman–Crippen MR) is 87.2 cm³/mol. The van der Waals surface area contributed by atoms with Crippen LogP contribution in [0.15, 0.2) is 0 Å². The van der Waals surface area contributed by atoms with Crippen LogP contribution in [0.1, 0.15) is 59.8 Å². The predicted octanol–water partition coefficient (Wildman–Crippen LogP) is 3.29. The second kappa shape index (κ2) is 9.75. The van der Waals surface area contributed by atoms with E-state index in [1.165, 1.54) is 32.1 Å². The Hall–Kier alpha value is -0.120. The molecular formula is C17H36N2O. The maximum absolute atomic E-state index is 5.34. The van der Waals surface area contributed by atoms with Crippen LogP contribution in [0.2, 0.25) is 0 Å². The Morgan fingerprint density at radius 1 is 1.30 bits per heavy atom. The highest BCUT2D eigenvalue weighted by Crippen LogP contribution is 2.29. The molecule has 1 saturated carbocycles. The summed E-state index contributed by atoms with van der Waals surface area (Å²) in [6.07, 6.45) is 6.47. The van der Waals surface area contributed by atoms with Gasteiger partial charge in [-0.3, -0.25) is 4.90 Å². The van der Waals surface area contributed by atoms with Gasteiger partial charge < -0.3 is 10.1 Å². The van der Waals surface area contributed by atoms with Crippen molar-refractivity contribution in [2.75, 3.05) is 26.8 Å². The van der Waals surface area contributed by atoms with Gasteiger partial charge in [-0.1, -0.05) is 20.8 Å². The summed E-state index contributed by atoms with van der Waals surface area (Å²) in [7, 11) is 1.81. The zero-order valence-electron chi connectivity index (χ0n) is 14.3. The molecule has 0 spiro atoms. The molecule has 0 aromatic rings. The van der Waals surface area contributed by atoms with Gasteiger partial charge in [-0.25, -0.2) is 0 Å². The van der Waals surface area contributed by atoms with E-state index >= 15 is 0 Å². The SMILES string of the molecule is CCCNC1CCC(C)CC1N(CCOC)C(C)CC. The van der Waals surface area contributed by atoms with Crippen molar-refractivity contribution in [3.63, 3.8) is 0 Å². The molecule has 0 heterocycles. The van der Waals surface area contributed by atoms with Crippen molar-refractivity contribution in [1.29, 1.82) is 0 Å². The maximum Gasteiger partial charge on any atom is 0.0589 e. The van der Waals surface area contributed by atoms with Gasteiger partial charge in [0.2, 0.25) is 0 Å². The quantitative estimate of drug-likeness (QED) is 0.703. The minimum absolute atomic E-state index is 0.645. The molecule has 20 heavy (non-hydrogen) atoms. The second-order valence-electron chi connectivity index (χ2n) is 6.53. The summed E-state index contributed by atoms with van der Waals surface area (Å²) in [6, 6.07) is 1.98. The lowest BCUT2D eigenvalue weighted by Gasteiger charge is -2.45. The standard InChI is InChI=1S/C17H36N2O/c1-6-10-18-16-9-8-14(3)13-17(16)19(11-12-20-5)15(4)7-2/h14-18H,6-13H2,1-5H3. The first-order chi connectivity index (χ1) is 9.63. The highest BCUT2D eigenvalue weighted by molar-refractivity contribution is 4.91. The molecule has 4 atom stereocenters. The molecule has 0 aliphatic heterocycles. The van der Waals surface area contributed by atoms with E-state index in [9.17, 15) is 0 Å². The largest absolute Gasteiger partial charge is 0.383 e. The molecule has 1 fully saturated rings. The van der Waals surface area contributed by atoms with Gasteiger partial charge in [0.15, 0.2) is 0 Å². The molecule has 1 aliphatic rings. The zero-order chi connectivity index (χ0) is 15.0. The average Bonchev–Trinajstić information content (AvgIpc) is 2.46. The highest BCUT2D eigenvalue weighted by Gasteiger charge is 2.34. The highest BCUT2D eigenvalue weighted by atomic mass is 16.5. The molecule has 120 valence electrons. The normalized spacial score (nSPS) is 28.8. The number of rotatable bonds is 9. The van der Waals surface area contributed by atoms with Gasteiger partial charge in [0.1, 0.15) is 0 Å². The third-order valence-electron chi connectivity index (χ3n) is 4.87. The van der Waals surface area contributed by atoms with Gasteiger partial charge in [0.25, 0.3) is 0 Å². The Morgan fingerprint density at radius 2 is 2.05 bits per heavy atom. The van der Waals surface area contributed by atoms with Gasteiger partial charge >= 0.3 is 0 Å². The first-order valence-electron chi connectivity index (χ1n) is 8.62. The van der Waals surface area contributed by atoms with Crippen molar-refractivity contribution < 1.29 is 4.74 Å². The van der Waals surface area contributed by atoms with Crippen molar-refractivity contribution >= 4 is 0 Å². The van der Waals surface area contributed by atoms with Crippen LogP contribution in [0.3, 0.4) is 0 Å². The number of methoxy groups -OCH3 is 1. The van der Waals surface area contributed by atoms with Crippen LogP contribution in [-0.4, -0.2) is 49.8 Å². The van der Waals surface area contributed by atoms with Crippen molar-refractivity contribution in [3.05, 3.63) is 0 Å². The third kappa shape index (κ3) is 5.34. The van der Waals surface area contributed by atoms with E-state index in [2.05, 4.69) is 37.9 Å². The maximum atomic E-state index is 5.34. The van der Waals surface area contributed by atoms with Gasteiger partial charge in [0, 0.05) is 31.8 Å². The molecule has 0 bridgehead atoms. The zero-order valence-corrected chi connectivity index (χ0v) is 14.3. The Kier molecular flexibility index (Phi) is 8.74. The lowest BCUT2D eigenvalue weighted by atomic mass is 9.81. The van der Waals surface area contributed by atoms with Gasteiger partial charge in [-0.2, -0.15) is 0 Å². The molecule has 0 aromatic heterocycles. The summed E-state index contributed by atoms with van der Waals surface area (Å²) in [5.74, 6) is 0.855. The summed E-state index contributed by atoms with van der Waals surface area (Å²) in [5, 5.41) is 3.80. The van der Waals surface area contributed by atoms with Crippen molar-refractivity contribution in [2.45, 2.75) is 77.9 Å². The van der Waals surface area contributed by atoms with Gasteiger partial charge in [-0.05, 0) is 51.5 Å². The minimum atomic E-state index is 0.645. The van der Waals surface area contributed by atoms with E-state index in [-0.39, 0.29) is 0 Å². The molecule has 1 N–H and O–H groups in total. The monoisotopic (exact) mass is 284 g/mol. The van der Waals surface area contributed by atoms with E-state index in [0.29, 0.717) is 18.1 Å². The van der Waals surface area contributed by atoms with E-state index < -0.39 is 0 Å². The van der Waals surface area contributed by atoms with Crippen molar-refractivity contribution in [2.24, 2.45) is 5.92 Å². The van der Waals surface area contributed by atoms with Crippen LogP contribution >= 0.6 is 0 Å². The van der Waals surface area contributed by atoms with E-state index in [1.54, 1.807) is 0 Å². The summed E-state index contributed by atoms with van der Waals surface area (Å²) >= 11 is 0. The number of ether oxygens (including phenoxy) is 1. The first kappa shape index (κ1) is 17.9. The van der Waals surface area contributed by atoms with Crippen molar-refractivity contribution in [3.8, 4) is 0 Å². The third-order valence-corrected chi connectivity index (χ3v) is 4.87. The van der Waals surface area contributed by atoms with Crippen LogP contribution in [0.25, 0.3) is 0 Å². The van der Waals surface area contributed by atoms with Gasteiger partial charge in [0.05, 0.1) is 6.61 Å². The smallest absolute Gasteiger partial charge is 0.0589 e. The molecule has 1 rings (SSSR count). The Labute approximate surface area is 126 Å². The van der Waals surface area contributed by atoms with E-state index in [0.717, 1.165) is 25.6 Å². The Morgan fingerprint density at radius 3 is 2.65 bits per heavy atom. The lowest BCUT2D eigenvalue weighted by Crippen LogP contribution is -2.56. The number of hydrogen-bond acceptors (Lipinski definition) is 3. The van der Waals surface area contributed by atoms with Gasteiger partial charge in [-0.15, -0.1) is 0 Å². The minimum Gasteiger partial charge on any atom is -0.383 e. The second-order valence-corrected chi connectivity index (χ2v) is 6.53. The van der Waals surface area contributed by atoms with Crippen LogP contribution in [-0.2, 0) is 4.74 Å². The summed E-state index contributed by atoms with van der Waals surface area (Å²) in [5.41, 5.74) is 0. The summed E-state index contributed by atoms with van der Waals surface area (Å²) < 4.78 is 5.34. The Bertz CT molecular complexity index is 245. The number of nitrogens with one attached hydrogen (secondary N) is 1. The fourth-order valence-electron chi connectivity index (χ4n) is 3.43. The fraction of sp³-hybridized carbons (Fsp3) is 1.00. The molecule has 1 aliphatic carbocycles. The Balaban J connectivity index is 2.73. The van der Waals surface area contributed by atoms with Crippen LogP contribution in [0, 0.1) is 5.92 Å². The molecule has 4 unspecified atom stereocenters. The molecule has 0 aromatic carbocycles. The van der Waals surface area contributed by atoms with Crippen molar-refractivity contribution in [1.82, 2.24) is 10.2 Å². The lowest BCUT2D eigenvalue weighted by molar-refractivity contribution is 0.0426. The fourth-order valence-corrected chi connectivity index (χ4v) is 3.43. The van der Waals surface area contributed by atoms with Crippen LogP contribution < -0.4 is 5.32 Å². The molecule has 3 nitrogen and oxygen atoms in total. The van der Waals surface area contributed by atoms with E-state index in [1.807, 2.05) is 7.11 Å². The van der Waals surface area contributed by atoms with Crippen LogP contribution in [0.4, 0.5) is 0 Å². The molecule has 0 radical (unpaired) electrons. The topological polar surface area (TPSA) is 24.5 Å². The van der Waals surface area contributed by atoms with E-state index in [4.69, 9.17) is 4.74 Å². The molecule has 3 heteroatoms. The number of hydrogen-bond donors (Lipinski definition) is 1. The van der Waals surface area contributed by atoms with Crippen LogP contribution in [0.5, 0.6) is 0 Å². The molecule has 0 saturated heterocycles. The average molecular weight is 284 g/mol. The number of nitrogens with zero attached hydrogens (tertiary/aromatic N) is 1. The summed E-state index contributed by atoms with van der Waals surface area (Å²) in [4.78, 5) is 2.70. The summed E-state index contributed by atoms with van der Waals surface area (Å²) in [6.45, 7) is 12.4. The molecular weight excluding hydrogens is 248 g/mol.